The van der Waals surface area contributed by atoms with Gasteiger partial charge < -0.3 is 34.6 Å². The average molecular weight is 825 g/mol. The molecule has 1 saturated heterocycles. The van der Waals surface area contributed by atoms with Gasteiger partial charge in [0.05, 0.1) is 30.3 Å². The summed E-state index contributed by atoms with van der Waals surface area (Å²) in [5.74, 6) is -1.56. The summed E-state index contributed by atoms with van der Waals surface area (Å²) in [6.07, 6.45) is 7.80. The van der Waals surface area contributed by atoms with Gasteiger partial charge in [0.2, 0.25) is 27.7 Å². The van der Waals surface area contributed by atoms with Crippen molar-refractivity contribution in [3.8, 4) is 11.6 Å². The Morgan fingerprint density at radius 3 is 2.48 bits per heavy atom. The Kier molecular flexibility index (Phi) is 12.0. The number of anilines is 1. The smallest absolute Gasteiger partial charge is 0.408 e. The van der Waals surface area contributed by atoms with Crippen LogP contribution >= 0.6 is 0 Å². The molecule has 0 radical (unpaired) electrons. The number of amides is 4. The molecule has 58 heavy (non-hydrogen) atoms. The normalized spacial score (nSPS) is 28.5. The Labute approximate surface area is 342 Å². The van der Waals surface area contributed by atoms with Gasteiger partial charge >= 0.3 is 6.09 Å². The van der Waals surface area contributed by atoms with Crippen molar-refractivity contribution in [1.29, 1.82) is 0 Å². The zero-order chi connectivity index (χ0) is 42.4. The zero-order valence-electron chi connectivity index (χ0n) is 35.2. The van der Waals surface area contributed by atoms with Crippen LogP contribution < -0.4 is 29.7 Å². The lowest BCUT2D eigenvalue weighted by atomic mass is 9.85. The number of ether oxygens (including phenoxy) is 3. The van der Waals surface area contributed by atoms with Crippen LogP contribution in [0.5, 0.6) is 11.6 Å². The van der Waals surface area contributed by atoms with Gasteiger partial charge in [-0.25, -0.2) is 18.2 Å². The van der Waals surface area contributed by atoms with E-state index in [4.69, 9.17) is 14.2 Å². The SMILES string of the molecule is CCC1CC(C)CCC=CC2CC2(C(=O)NS(=O)(=O)C2(C)CC2)NC(=O)C2CC(Oc3ncc(N(C)C)c4cc(OC)ccc34)CN2C(=O)C1NC(=O)OC(C)(C)C. The van der Waals surface area contributed by atoms with Crippen molar-refractivity contribution in [3.63, 3.8) is 0 Å². The molecule has 4 aliphatic rings. The van der Waals surface area contributed by atoms with Crippen LogP contribution in [-0.2, 0) is 29.1 Å². The molecule has 0 bridgehead atoms. The number of aromatic nitrogens is 1. The first-order valence-corrected chi connectivity index (χ1v) is 21.9. The lowest BCUT2D eigenvalue weighted by Gasteiger charge is -2.34. The molecule has 2 aliphatic carbocycles. The average Bonchev–Trinajstić information content (AvgIpc) is 4.03. The third kappa shape index (κ3) is 9.01. The standard InChI is InChI=1S/C42H60N6O9S/c1-10-26-19-25(2)13-11-12-14-27-22-42(27,38(51)46-58(53,54)41(6)17-18-41)45-35(49)32-21-29(24-48(32)37(50)34(26)44-39(52)57-40(3,4)5)56-36-30-16-15-28(55-9)20-31(30)33(23-43-36)47(7)8/h12,14-16,20,23,25-27,29,32,34H,10-11,13,17-19,21-22,24H2,1-9H3,(H,44,52)(H,45,49)(H,46,51). The number of carbonyl (C=O) groups excluding carboxylic acids is 4. The van der Waals surface area contributed by atoms with Crippen LogP contribution in [0.1, 0.15) is 92.9 Å². The van der Waals surface area contributed by atoms with Gasteiger partial charge in [0, 0.05) is 37.2 Å². The molecule has 3 N–H and O–H groups in total. The predicted octanol–water partition coefficient (Wildman–Crippen LogP) is 4.83. The van der Waals surface area contributed by atoms with Gasteiger partial charge in [0.1, 0.15) is 35.1 Å². The van der Waals surface area contributed by atoms with E-state index in [1.165, 1.54) is 4.90 Å². The molecule has 2 aliphatic heterocycles. The number of hydrogen-bond donors (Lipinski definition) is 3. The number of methoxy groups -OCH3 is 1. The van der Waals surface area contributed by atoms with Gasteiger partial charge in [-0.2, -0.15) is 0 Å². The molecule has 7 atom stereocenters. The quantitative estimate of drug-likeness (QED) is 0.295. The highest BCUT2D eigenvalue weighted by molar-refractivity contribution is 7.91. The lowest BCUT2D eigenvalue weighted by Crippen LogP contribution is -2.59. The van der Waals surface area contributed by atoms with Crippen molar-refractivity contribution in [3.05, 3.63) is 36.5 Å². The molecular formula is C42H60N6O9S. The van der Waals surface area contributed by atoms with Gasteiger partial charge in [-0.05, 0) is 96.3 Å². The summed E-state index contributed by atoms with van der Waals surface area (Å²) in [4.78, 5) is 65.0. The lowest BCUT2D eigenvalue weighted by molar-refractivity contribution is -0.142. The predicted molar refractivity (Wildman–Crippen MR) is 220 cm³/mol. The minimum atomic E-state index is -4.01. The fourth-order valence-corrected chi connectivity index (χ4v) is 9.48. The fourth-order valence-electron chi connectivity index (χ4n) is 8.17. The monoisotopic (exact) mass is 824 g/mol. The number of nitrogens with one attached hydrogen (secondary N) is 3. The molecule has 6 rings (SSSR count). The number of alkyl carbamates (subject to hydrolysis) is 1. The first-order chi connectivity index (χ1) is 27.2. The Balaban J connectivity index is 1.38. The summed E-state index contributed by atoms with van der Waals surface area (Å²) in [5.41, 5.74) is -1.53. The van der Waals surface area contributed by atoms with Crippen LogP contribution in [0.15, 0.2) is 36.5 Å². The van der Waals surface area contributed by atoms with Crippen molar-refractivity contribution >= 4 is 50.3 Å². The van der Waals surface area contributed by atoms with Crippen LogP contribution in [0, 0.1) is 17.8 Å². The molecule has 3 heterocycles. The highest BCUT2D eigenvalue weighted by atomic mass is 32.2. The minimum absolute atomic E-state index is 0.0283. The maximum Gasteiger partial charge on any atom is 0.408 e. The third-order valence-electron chi connectivity index (χ3n) is 12.1. The van der Waals surface area contributed by atoms with Crippen LogP contribution in [0.2, 0.25) is 0 Å². The van der Waals surface area contributed by atoms with E-state index in [-0.39, 0.29) is 31.2 Å². The van der Waals surface area contributed by atoms with Crippen molar-refractivity contribution < 1.29 is 41.8 Å². The van der Waals surface area contributed by atoms with E-state index in [1.54, 1.807) is 47.1 Å². The number of carbonyl (C=O) groups is 4. The van der Waals surface area contributed by atoms with Gasteiger partial charge in [-0.15, -0.1) is 0 Å². The zero-order valence-corrected chi connectivity index (χ0v) is 36.0. The van der Waals surface area contributed by atoms with Gasteiger partial charge in [-0.1, -0.05) is 32.4 Å². The second-order valence-electron chi connectivity index (χ2n) is 18.0. The number of benzene rings is 1. The molecule has 2 aromatic rings. The molecule has 318 valence electrons. The summed E-state index contributed by atoms with van der Waals surface area (Å²) in [7, 11) is 1.39. The minimum Gasteiger partial charge on any atom is -0.497 e. The maximum atomic E-state index is 15.0. The summed E-state index contributed by atoms with van der Waals surface area (Å²) < 4.78 is 45.5. The largest absolute Gasteiger partial charge is 0.497 e. The third-order valence-corrected chi connectivity index (χ3v) is 14.2. The summed E-state index contributed by atoms with van der Waals surface area (Å²) in [5, 5.41) is 7.33. The number of hydrogen-bond acceptors (Lipinski definition) is 11. The fraction of sp³-hybridized carbons (Fsp3) is 0.643. The summed E-state index contributed by atoms with van der Waals surface area (Å²) in [6.45, 7) is 10.9. The van der Waals surface area contributed by atoms with E-state index in [0.29, 0.717) is 49.1 Å². The molecule has 16 heteroatoms. The van der Waals surface area contributed by atoms with Crippen LogP contribution in [0.25, 0.3) is 10.8 Å². The van der Waals surface area contributed by atoms with E-state index >= 15 is 4.79 Å². The Morgan fingerprint density at radius 2 is 1.84 bits per heavy atom. The second kappa shape index (κ2) is 16.2. The van der Waals surface area contributed by atoms with E-state index in [2.05, 4.69) is 27.3 Å². The Morgan fingerprint density at radius 1 is 1.12 bits per heavy atom. The number of sulfonamides is 1. The van der Waals surface area contributed by atoms with E-state index in [1.807, 2.05) is 50.2 Å². The number of nitrogens with zero attached hydrogens (tertiary/aromatic N) is 3. The van der Waals surface area contributed by atoms with E-state index in [0.717, 1.165) is 17.5 Å². The van der Waals surface area contributed by atoms with E-state index in [9.17, 15) is 22.8 Å². The number of allylic oxidation sites excluding steroid dienone is 1. The van der Waals surface area contributed by atoms with Crippen molar-refractivity contribution in [2.75, 3.05) is 32.6 Å². The highest BCUT2D eigenvalue weighted by Crippen LogP contribution is 2.48. The molecule has 1 aromatic carbocycles. The molecular weight excluding hydrogens is 765 g/mol. The topological polar surface area (TPSA) is 186 Å². The Bertz CT molecular complexity index is 2060. The molecule has 7 unspecified atom stereocenters. The highest BCUT2D eigenvalue weighted by Gasteiger charge is 2.63. The molecule has 4 amide bonds. The Hall–Kier alpha value is -4.60. The number of pyridine rings is 1. The molecule has 1 aromatic heterocycles. The van der Waals surface area contributed by atoms with E-state index < -0.39 is 73.8 Å². The van der Waals surface area contributed by atoms with Gasteiger partial charge in [-0.3, -0.25) is 19.1 Å². The van der Waals surface area contributed by atoms with Crippen LogP contribution in [0.3, 0.4) is 0 Å². The number of fused-ring (bicyclic) bond motifs is 3. The number of rotatable bonds is 9. The van der Waals surface area contributed by atoms with Crippen molar-refractivity contribution in [2.24, 2.45) is 17.8 Å². The van der Waals surface area contributed by atoms with Crippen molar-refractivity contribution in [1.82, 2.24) is 25.2 Å². The van der Waals surface area contributed by atoms with Gasteiger partial charge in [0.25, 0.3) is 5.91 Å². The van der Waals surface area contributed by atoms with Crippen LogP contribution in [-0.4, -0.2) is 104 Å². The maximum absolute atomic E-state index is 15.0. The van der Waals surface area contributed by atoms with Crippen LogP contribution in [0.4, 0.5) is 10.5 Å². The first kappa shape index (κ1) is 43.0. The second-order valence-corrected chi connectivity index (χ2v) is 20.2. The molecule has 2 saturated carbocycles. The molecule has 3 fully saturated rings. The molecule has 0 spiro atoms. The summed E-state index contributed by atoms with van der Waals surface area (Å²) in [6, 6.07) is 3.36. The van der Waals surface area contributed by atoms with Gasteiger partial charge in [0.15, 0.2) is 0 Å². The summed E-state index contributed by atoms with van der Waals surface area (Å²) >= 11 is 0. The molecule has 15 nitrogen and oxygen atoms in total. The van der Waals surface area contributed by atoms with Crippen molar-refractivity contribution in [2.45, 2.75) is 127 Å². The first-order valence-electron chi connectivity index (χ1n) is 20.4.